The van der Waals surface area contributed by atoms with Gasteiger partial charge in [-0.3, -0.25) is 0 Å². The molecule has 10 aromatic rings. The minimum absolute atomic E-state index is 0.392. The second-order valence-electron chi connectivity index (χ2n) is 18.4. The molecule has 2 atom stereocenters. The molecule has 59 heavy (non-hydrogen) atoms. The first-order valence-electron chi connectivity index (χ1n) is 21.6. The maximum absolute atomic E-state index is 2.50. The highest BCUT2D eigenvalue weighted by molar-refractivity contribution is 7.25. The van der Waals surface area contributed by atoms with Crippen molar-refractivity contribution < 1.29 is 0 Å². The van der Waals surface area contributed by atoms with Gasteiger partial charge in [-0.2, -0.15) is 0 Å². The molecule has 8 aromatic carbocycles. The maximum atomic E-state index is 2.50. The molecule has 2 unspecified atom stereocenters. The Balaban J connectivity index is 0.946. The number of fused-ring (bicyclic) bond motifs is 8. The highest BCUT2D eigenvalue weighted by Gasteiger charge is 2.77. The van der Waals surface area contributed by atoms with Crippen LogP contribution < -0.4 is 4.90 Å². The lowest BCUT2D eigenvalue weighted by molar-refractivity contribution is -0.175. The van der Waals surface area contributed by atoms with Gasteiger partial charge in [-0.05, 0) is 167 Å². The maximum Gasteiger partial charge on any atom is 0.0547 e. The molecule has 4 fully saturated rings. The summed E-state index contributed by atoms with van der Waals surface area (Å²) in [6, 6.07) is 66.4. The van der Waals surface area contributed by atoms with E-state index in [0.717, 1.165) is 17.8 Å². The molecule has 14 rings (SSSR count). The van der Waals surface area contributed by atoms with Gasteiger partial charge >= 0.3 is 0 Å². The summed E-state index contributed by atoms with van der Waals surface area (Å²) in [5, 5.41) is 7.70. The Kier molecular flexibility index (Phi) is 6.52. The minimum Gasteiger partial charge on any atom is -0.310 e. The van der Waals surface area contributed by atoms with E-state index in [1.807, 2.05) is 11.3 Å². The number of nitrogens with zero attached hydrogens (tertiary/aromatic N) is 2. The summed E-state index contributed by atoms with van der Waals surface area (Å²) < 4.78 is 5.15. The van der Waals surface area contributed by atoms with E-state index in [2.05, 4.69) is 185 Å². The molecule has 2 nitrogen and oxygen atoms in total. The Morgan fingerprint density at radius 3 is 1.88 bits per heavy atom. The largest absolute Gasteiger partial charge is 0.310 e. The molecule has 2 bridgehead atoms. The van der Waals surface area contributed by atoms with Crippen LogP contribution in [0.3, 0.4) is 0 Å². The lowest BCUT2D eigenvalue weighted by atomic mass is 9.38. The third kappa shape index (κ3) is 4.46. The third-order valence-corrected chi connectivity index (χ3v) is 17.0. The highest BCUT2D eigenvalue weighted by Crippen LogP contribution is 2.84. The SMILES string of the molecule is c1ccc(-c2ccc(N(c3ccc(C45CC6CC7CC(C4)C76C5)cc3)c3ccc4c(c3)c3cc5ccccc5cc3n4-c3ccc4sc5ccccc5c4c3)cc2)cc1. The van der Waals surface area contributed by atoms with Crippen LogP contribution in [-0.4, -0.2) is 4.57 Å². The van der Waals surface area contributed by atoms with Crippen LogP contribution in [0.5, 0.6) is 0 Å². The van der Waals surface area contributed by atoms with E-state index in [-0.39, 0.29) is 0 Å². The molecule has 0 saturated heterocycles. The van der Waals surface area contributed by atoms with Gasteiger partial charge in [0.05, 0.1) is 11.0 Å². The average Bonchev–Trinajstić information content (AvgIpc) is 4.00. The standard InChI is InChI=1S/C56H42N2S/c1-2-8-35(9-3-1)36-14-18-43(19-15-36)57(44-20-16-39(17-21-44)55-32-41-28-40-29-42(33-55)56(40,41)34-55)45-22-24-51-49(30-45)48-26-37-10-4-5-11-38(37)27-52(48)58(51)46-23-25-54-50(31-46)47-12-6-7-13-53(47)59-54/h1-27,30-31,40-42H,28-29,32-34H2. The van der Waals surface area contributed by atoms with Crippen molar-refractivity contribution in [1.29, 1.82) is 0 Å². The second kappa shape index (κ2) is 11.7. The fraction of sp³-hybridized carbons (Fsp3) is 0.179. The molecule has 0 radical (unpaired) electrons. The lowest BCUT2D eigenvalue weighted by Gasteiger charge is -2.66. The van der Waals surface area contributed by atoms with Crippen LogP contribution in [-0.2, 0) is 5.41 Å². The van der Waals surface area contributed by atoms with Gasteiger partial charge in [0.2, 0.25) is 0 Å². The number of thiophene rings is 1. The molecule has 3 heteroatoms. The number of anilines is 3. The van der Waals surface area contributed by atoms with Gasteiger partial charge in [0, 0.05) is 53.7 Å². The van der Waals surface area contributed by atoms with Gasteiger partial charge < -0.3 is 9.47 Å². The average molecular weight is 775 g/mol. The van der Waals surface area contributed by atoms with Crippen LogP contribution >= 0.6 is 11.3 Å². The molecule has 0 aliphatic heterocycles. The number of aromatic nitrogens is 1. The van der Waals surface area contributed by atoms with Crippen molar-refractivity contribution in [3.8, 4) is 16.8 Å². The van der Waals surface area contributed by atoms with Crippen molar-refractivity contribution in [2.45, 2.75) is 37.5 Å². The molecule has 1 spiro atoms. The van der Waals surface area contributed by atoms with Gasteiger partial charge in [0.1, 0.15) is 0 Å². The van der Waals surface area contributed by atoms with Gasteiger partial charge in [-0.15, -0.1) is 11.3 Å². The summed E-state index contributed by atoms with van der Waals surface area (Å²) in [4.78, 5) is 2.48. The molecule has 2 heterocycles. The van der Waals surface area contributed by atoms with E-state index >= 15 is 0 Å². The molecule has 0 amide bonds. The number of hydrogen-bond donors (Lipinski definition) is 0. The minimum atomic E-state index is 0.392. The predicted octanol–water partition coefficient (Wildman–Crippen LogP) is 15.5. The highest BCUT2D eigenvalue weighted by atomic mass is 32.1. The summed E-state index contributed by atoms with van der Waals surface area (Å²) in [5.74, 6) is 3.00. The molecule has 2 aromatic heterocycles. The first-order chi connectivity index (χ1) is 29.1. The summed E-state index contributed by atoms with van der Waals surface area (Å²) in [6.07, 6.45) is 7.26. The van der Waals surface area contributed by atoms with E-state index in [1.54, 1.807) is 5.56 Å². The Morgan fingerprint density at radius 2 is 1.12 bits per heavy atom. The lowest BCUT2D eigenvalue weighted by Crippen LogP contribution is -2.59. The monoisotopic (exact) mass is 774 g/mol. The van der Waals surface area contributed by atoms with Gasteiger partial charge in [0.15, 0.2) is 0 Å². The zero-order valence-electron chi connectivity index (χ0n) is 32.8. The normalized spacial score (nSPS) is 23.9. The first kappa shape index (κ1) is 32.8. The quantitative estimate of drug-likeness (QED) is 0.163. The first-order valence-corrected chi connectivity index (χ1v) is 22.4. The van der Waals surface area contributed by atoms with Crippen molar-refractivity contribution in [1.82, 2.24) is 4.57 Å². The van der Waals surface area contributed by atoms with Crippen LogP contribution in [0.4, 0.5) is 17.1 Å². The van der Waals surface area contributed by atoms with Crippen LogP contribution in [0.1, 0.15) is 37.7 Å². The Hall–Kier alpha value is -6.16. The molecular weight excluding hydrogens is 733 g/mol. The van der Waals surface area contributed by atoms with Gasteiger partial charge in [0.25, 0.3) is 0 Å². The number of benzene rings is 8. The van der Waals surface area contributed by atoms with E-state index in [9.17, 15) is 0 Å². The van der Waals surface area contributed by atoms with Crippen molar-refractivity contribution in [2.24, 2.45) is 23.2 Å². The molecule has 4 aliphatic carbocycles. The molecular formula is C56H42N2S. The summed E-state index contributed by atoms with van der Waals surface area (Å²) in [5.41, 5.74) is 12.3. The molecule has 4 saturated carbocycles. The molecule has 282 valence electrons. The van der Waals surface area contributed by atoms with E-state index in [4.69, 9.17) is 0 Å². The van der Waals surface area contributed by atoms with Crippen LogP contribution in [0, 0.1) is 23.2 Å². The summed E-state index contributed by atoms with van der Waals surface area (Å²) in [7, 11) is 0. The van der Waals surface area contributed by atoms with E-state index < -0.39 is 0 Å². The number of rotatable bonds is 6. The van der Waals surface area contributed by atoms with Crippen molar-refractivity contribution in [3.05, 3.63) is 181 Å². The smallest absolute Gasteiger partial charge is 0.0547 e. The Bertz CT molecular complexity index is 3320. The second-order valence-corrected chi connectivity index (χ2v) is 19.5. The van der Waals surface area contributed by atoms with Gasteiger partial charge in [-0.25, -0.2) is 0 Å². The topological polar surface area (TPSA) is 8.17 Å². The van der Waals surface area contributed by atoms with E-state index in [0.29, 0.717) is 10.8 Å². The van der Waals surface area contributed by atoms with Crippen molar-refractivity contribution in [2.75, 3.05) is 4.90 Å². The Morgan fingerprint density at radius 1 is 0.475 bits per heavy atom. The van der Waals surface area contributed by atoms with Gasteiger partial charge in [-0.1, -0.05) is 97.1 Å². The third-order valence-electron chi connectivity index (χ3n) is 15.8. The summed E-state index contributed by atoms with van der Waals surface area (Å²) >= 11 is 1.88. The summed E-state index contributed by atoms with van der Waals surface area (Å²) in [6.45, 7) is 0. The molecule has 0 N–H and O–H groups in total. The zero-order chi connectivity index (χ0) is 38.5. The van der Waals surface area contributed by atoms with Crippen LogP contribution in [0.15, 0.2) is 176 Å². The predicted molar refractivity (Wildman–Crippen MR) is 249 cm³/mol. The van der Waals surface area contributed by atoms with Crippen LogP contribution in [0.25, 0.3) is 69.6 Å². The van der Waals surface area contributed by atoms with E-state index in [1.165, 1.54) is 119 Å². The fourth-order valence-electron chi connectivity index (χ4n) is 13.2. The number of hydrogen-bond acceptors (Lipinski definition) is 2. The Labute approximate surface area is 348 Å². The van der Waals surface area contributed by atoms with Crippen LogP contribution in [0.2, 0.25) is 0 Å². The molecule has 4 aliphatic rings. The zero-order valence-corrected chi connectivity index (χ0v) is 33.6. The van der Waals surface area contributed by atoms with Crippen molar-refractivity contribution >= 4 is 81.1 Å². The fourth-order valence-corrected chi connectivity index (χ4v) is 14.3. The van der Waals surface area contributed by atoms with Crippen molar-refractivity contribution in [3.63, 3.8) is 0 Å².